The highest BCUT2D eigenvalue weighted by molar-refractivity contribution is 4.60. The number of nitrogens with zero attached hydrogens (tertiary/aromatic N) is 1. The summed E-state index contributed by atoms with van der Waals surface area (Å²) >= 11 is 0. The predicted octanol–water partition coefficient (Wildman–Crippen LogP) is 0.172. The van der Waals surface area contributed by atoms with Crippen LogP contribution in [0.2, 0.25) is 0 Å². The number of hydrogen-bond acceptors (Lipinski definition) is 2. The molecule has 62 valence electrons. The van der Waals surface area contributed by atoms with Crippen molar-refractivity contribution >= 4 is 0 Å². The van der Waals surface area contributed by atoms with Crippen LogP contribution in [0, 0.1) is 0 Å². The molecule has 0 saturated carbocycles. The molecule has 0 radical (unpaired) electrons. The van der Waals surface area contributed by atoms with Crippen molar-refractivity contribution in [1.29, 1.82) is 0 Å². The molecular formula is C7H18N2O. The molecule has 0 amide bonds. The van der Waals surface area contributed by atoms with Gasteiger partial charge in [0.2, 0.25) is 0 Å². The SMILES string of the molecule is CCCNN1CCCC1.O. The maximum Gasteiger partial charge on any atom is 0.0131 e. The molecule has 0 aromatic heterocycles. The van der Waals surface area contributed by atoms with E-state index in [1.54, 1.807) is 0 Å². The van der Waals surface area contributed by atoms with Crippen molar-refractivity contribution in [2.75, 3.05) is 19.6 Å². The van der Waals surface area contributed by atoms with E-state index in [-0.39, 0.29) is 5.48 Å². The van der Waals surface area contributed by atoms with Crippen LogP contribution in [-0.2, 0) is 0 Å². The summed E-state index contributed by atoms with van der Waals surface area (Å²) in [7, 11) is 0. The second-order valence-electron chi connectivity index (χ2n) is 2.60. The largest absolute Gasteiger partial charge is 0.412 e. The lowest BCUT2D eigenvalue weighted by molar-refractivity contribution is 0.236. The van der Waals surface area contributed by atoms with Gasteiger partial charge >= 0.3 is 0 Å². The van der Waals surface area contributed by atoms with Crippen molar-refractivity contribution in [1.82, 2.24) is 10.4 Å². The summed E-state index contributed by atoms with van der Waals surface area (Å²) in [5.74, 6) is 0. The molecule has 0 bridgehead atoms. The molecule has 1 aliphatic heterocycles. The molecule has 3 heteroatoms. The molecule has 0 aliphatic carbocycles. The average molecular weight is 146 g/mol. The normalized spacial score (nSPS) is 18.9. The van der Waals surface area contributed by atoms with Gasteiger partial charge in [-0.3, -0.25) is 5.43 Å². The van der Waals surface area contributed by atoms with Gasteiger partial charge in [-0.15, -0.1) is 0 Å². The Balaban J connectivity index is 0.000000810. The Morgan fingerprint density at radius 1 is 1.30 bits per heavy atom. The molecule has 0 unspecified atom stereocenters. The second kappa shape index (κ2) is 5.65. The van der Waals surface area contributed by atoms with Gasteiger partial charge in [0.15, 0.2) is 0 Å². The Morgan fingerprint density at radius 2 is 1.90 bits per heavy atom. The van der Waals surface area contributed by atoms with Crippen LogP contribution in [-0.4, -0.2) is 30.1 Å². The van der Waals surface area contributed by atoms with E-state index in [0.29, 0.717) is 0 Å². The Labute approximate surface area is 62.7 Å². The Kier molecular flexibility index (Phi) is 5.58. The van der Waals surface area contributed by atoms with Crippen LogP contribution < -0.4 is 5.43 Å². The zero-order chi connectivity index (χ0) is 6.53. The van der Waals surface area contributed by atoms with E-state index < -0.39 is 0 Å². The highest BCUT2D eigenvalue weighted by atomic mass is 16.0. The molecule has 10 heavy (non-hydrogen) atoms. The molecule has 1 aliphatic rings. The zero-order valence-corrected chi connectivity index (χ0v) is 6.69. The van der Waals surface area contributed by atoms with Crippen LogP contribution in [0.5, 0.6) is 0 Å². The summed E-state index contributed by atoms with van der Waals surface area (Å²) < 4.78 is 0. The van der Waals surface area contributed by atoms with Gasteiger partial charge in [0.05, 0.1) is 0 Å². The number of hydrazine groups is 1. The minimum Gasteiger partial charge on any atom is -0.412 e. The number of nitrogens with one attached hydrogen (secondary N) is 1. The summed E-state index contributed by atoms with van der Waals surface area (Å²) in [6.07, 6.45) is 3.98. The minimum atomic E-state index is 0. The van der Waals surface area contributed by atoms with Gasteiger partial charge in [-0.2, -0.15) is 0 Å². The molecule has 3 N–H and O–H groups in total. The van der Waals surface area contributed by atoms with Crippen molar-refractivity contribution < 1.29 is 5.48 Å². The zero-order valence-electron chi connectivity index (χ0n) is 6.69. The van der Waals surface area contributed by atoms with Gasteiger partial charge in [-0.05, 0) is 19.3 Å². The molecule has 3 nitrogen and oxygen atoms in total. The fraction of sp³-hybridized carbons (Fsp3) is 1.00. The van der Waals surface area contributed by atoms with Crippen LogP contribution in [0.4, 0.5) is 0 Å². The summed E-state index contributed by atoms with van der Waals surface area (Å²) in [4.78, 5) is 0. The van der Waals surface area contributed by atoms with E-state index in [0.717, 1.165) is 6.54 Å². The first-order chi connectivity index (χ1) is 4.43. The third kappa shape index (κ3) is 3.15. The van der Waals surface area contributed by atoms with E-state index >= 15 is 0 Å². The monoisotopic (exact) mass is 146 g/mol. The minimum absolute atomic E-state index is 0. The highest BCUT2D eigenvalue weighted by Crippen LogP contribution is 2.02. The van der Waals surface area contributed by atoms with Crippen LogP contribution in [0.3, 0.4) is 0 Å². The molecule has 1 rings (SSSR count). The van der Waals surface area contributed by atoms with Crippen LogP contribution in [0.25, 0.3) is 0 Å². The second-order valence-corrected chi connectivity index (χ2v) is 2.60. The van der Waals surface area contributed by atoms with Gasteiger partial charge in [0.25, 0.3) is 0 Å². The summed E-state index contributed by atoms with van der Waals surface area (Å²) in [5.41, 5.74) is 3.36. The molecule has 1 heterocycles. The molecule has 0 aromatic carbocycles. The molecule has 0 spiro atoms. The van der Waals surface area contributed by atoms with Gasteiger partial charge in [-0.1, -0.05) is 6.92 Å². The smallest absolute Gasteiger partial charge is 0.0131 e. The van der Waals surface area contributed by atoms with Gasteiger partial charge < -0.3 is 5.48 Å². The van der Waals surface area contributed by atoms with E-state index in [9.17, 15) is 0 Å². The maximum atomic E-state index is 3.36. The van der Waals surface area contributed by atoms with Crippen molar-refractivity contribution in [3.8, 4) is 0 Å². The summed E-state index contributed by atoms with van der Waals surface area (Å²) in [5, 5.41) is 2.32. The topological polar surface area (TPSA) is 46.8 Å². The van der Waals surface area contributed by atoms with Crippen molar-refractivity contribution in [3.05, 3.63) is 0 Å². The number of rotatable bonds is 3. The lowest BCUT2D eigenvalue weighted by atomic mass is 10.4. The Hall–Kier alpha value is -0.120. The molecular weight excluding hydrogens is 128 g/mol. The van der Waals surface area contributed by atoms with E-state index in [1.807, 2.05) is 0 Å². The van der Waals surface area contributed by atoms with E-state index in [1.165, 1.54) is 32.4 Å². The fourth-order valence-electron chi connectivity index (χ4n) is 1.15. The number of hydrogen-bond donors (Lipinski definition) is 1. The summed E-state index contributed by atoms with van der Waals surface area (Å²) in [6, 6.07) is 0. The Morgan fingerprint density at radius 3 is 2.40 bits per heavy atom. The quantitative estimate of drug-likeness (QED) is 0.617. The predicted molar refractivity (Wildman–Crippen MR) is 42.7 cm³/mol. The van der Waals surface area contributed by atoms with E-state index in [2.05, 4.69) is 17.4 Å². The lowest BCUT2D eigenvalue weighted by Gasteiger charge is -2.14. The van der Waals surface area contributed by atoms with E-state index in [4.69, 9.17) is 0 Å². The Bertz CT molecular complexity index is 72.0. The van der Waals surface area contributed by atoms with Gasteiger partial charge in [0, 0.05) is 19.6 Å². The van der Waals surface area contributed by atoms with Crippen LogP contribution in [0.15, 0.2) is 0 Å². The summed E-state index contributed by atoms with van der Waals surface area (Å²) in [6.45, 7) is 5.84. The first kappa shape index (κ1) is 9.88. The third-order valence-electron chi connectivity index (χ3n) is 1.69. The standard InChI is InChI=1S/C7H16N2.H2O/c1-2-5-8-9-6-3-4-7-9;/h8H,2-7H2,1H3;1H2. The molecule has 1 saturated heterocycles. The van der Waals surface area contributed by atoms with Gasteiger partial charge in [0.1, 0.15) is 0 Å². The maximum absolute atomic E-state index is 3.36. The van der Waals surface area contributed by atoms with Crippen molar-refractivity contribution in [2.45, 2.75) is 26.2 Å². The fourth-order valence-corrected chi connectivity index (χ4v) is 1.15. The first-order valence-electron chi connectivity index (χ1n) is 3.92. The van der Waals surface area contributed by atoms with Crippen LogP contribution >= 0.6 is 0 Å². The lowest BCUT2D eigenvalue weighted by Crippen LogP contribution is -2.35. The molecule has 0 atom stereocenters. The van der Waals surface area contributed by atoms with Gasteiger partial charge in [-0.25, -0.2) is 5.01 Å². The van der Waals surface area contributed by atoms with Crippen LogP contribution in [0.1, 0.15) is 26.2 Å². The van der Waals surface area contributed by atoms with Crippen molar-refractivity contribution in [2.24, 2.45) is 0 Å². The molecule has 1 fully saturated rings. The molecule has 0 aromatic rings. The van der Waals surface area contributed by atoms with Crippen molar-refractivity contribution in [3.63, 3.8) is 0 Å². The third-order valence-corrected chi connectivity index (χ3v) is 1.69. The highest BCUT2D eigenvalue weighted by Gasteiger charge is 2.08. The average Bonchev–Trinajstić information content (AvgIpc) is 2.34. The first-order valence-corrected chi connectivity index (χ1v) is 3.92.